The summed E-state index contributed by atoms with van der Waals surface area (Å²) >= 11 is 5.32. The number of halogens is 1. The Morgan fingerprint density at radius 3 is 2.94 bits per heavy atom. The van der Waals surface area contributed by atoms with Gasteiger partial charge in [0.25, 0.3) is 0 Å². The van der Waals surface area contributed by atoms with E-state index in [9.17, 15) is 0 Å². The first kappa shape index (κ1) is 12.6. The maximum atomic E-state index is 6.32. The molecule has 18 heavy (non-hydrogen) atoms. The molecular weight excluding hydrogens is 308 g/mol. The van der Waals surface area contributed by atoms with Gasteiger partial charge in [-0.1, -0.05) is 35.2 Å². The highest BCUT2D eigenvalue weighted by Gasteiger charge is 2.24. The number of nitrogens with zero attached hydrogens (tertiary/aromatic N) is 1. The highest BCUT2D eigenvalue weighted by Crippen LogP contribution is 2.36. The number of rotatable bonds is 1. The molecule has 1 aromatic carbocycles. The zero-order valence-corrected chi connectivity index (χ0v) is 12.6. The summed E-state index contributed by atoms with van der Waals surface area (Å²) in [5.74, 6) is 0.462. The number of benzene rings is 1. The van der Waals surface area contributed by atoms with Gasteiger partial charge in [0, 0.05) is 16.4 Å². The van der Waals surface area contributed by atoms with Crippen LogP contribution in [0, 0.1) is 0 Å². The van der Waals surface area contributed by atoms with Gasteiger partial charge in [-0.15, -0.1) is 11.3 Å². The van der Waals surface area contributed by atoms with Crippen molar-refractivity contribution < 1.29 is 0 Å². The third-order valence-electron chi connectivity index (χ3n) is 3.75. The molecule has 0 spiro atoms. The van der Waals surface area contributed by atoms with E-state index in [1.54, 1.807) is 0 Å². The highest BCUT2D eigenvalue weighted by atomic mass is 79.9. The average Bonchev–Trinajstić information content (AvgIpc) is 2.63. The molecule has 2 N–H and O–H groups in total. The fourth-order valence-electron chi connectivity index (χ4n) is 2.72. The molecule has 1 fully saturated rings. The topological polar surface area (TPSA) is 38.9 Å². The van der Waals surface area contributed by atoms with Crippen molar-refractivity contribution in [3.05, 3.63) is 27.7 Å². The quantitative estimate of drug-likeness (QED) is 0.788. The fourth-order valence-corrected chi connectivity index (χ4v) is 4.23. The number of thiazole rings is 1. The van der Waals surface area contributed by atoms with Crippen LogP contribution in [0.4, 0.5) is 0 Å². The Morgan fingerprint density at radius 2 is 2.06 bits per heavy atom. The van der Waals surface area contributed by atoms with Gasteiger partial charge in [0.2, 0.25) is 0 Å². The summed E-state index contributed by atoms with van der Waals surface area (Å²) in [5.41, 5.74) is 7.42. The molecule has 0 saturated heterocycles. The second-order valence-electron chi connectivity index (χ2n) is 5.07. The maximum Gasteiger partial charge on any atom is 0.0984 e. The third-order valence-corrected chi connectivity index (χ3v) is 5.41. The molecule has 0 amide bonds. The lowest BCUT2D eigenvalue weighted by Gasteiger charge is -2.18. The fraction of sp³-hybridized carbons (Fsp3) is 0.500. The minimum absolute atomic E-state index is 0.288. The van der Waals surface area contributed by atoms with Gasteiger partial charge in [-0.05, 0) is 31.0 Å². The maximum absolute atomic E-state index is 6.32. The normalized spacial score (nSPS) is 25.2. The minimum atomic E-state index is 0.288. The van der Waals surface area contributed by atoms with Gasteiger partial charge >= 0.3 is 0 Å². The van der Waals surface area contributed by atoms with Crippen LogP contribution in [0.2, 0.25) is 0 Å². The largest absolute Gasteiger partial charge is 0.327 e. The molecule has 2 atom stereocenters. The summed E-state index contributed by atoms with van der Waals surface area (Å²) in [6.45, 7) is 0. The first-order valence-electron chi connectivity index (χ1n) is 6.55. The van der Waals surface area contributed by atoms with E-state index in [0.29, 0.717) is 5.92 Å². The van der Waals surface area contributed by atoms with Gasteiger partial charge in [-0.25, -0.2) is 4.98 Å². The second kappa shape index (κ2) is 5.27. The predicted octanol–water partition coefficient (Wildman–Crippen LogP) is 4.43. The van der Waals surface area contributed by atoms with E-state index in [4.69, 9.17) is 10.7 Å². The SMILES string of the molecule is NC1CCCCCC1c1nc2cc(Br)ccc2s1. The molecule has 0 bridgehead atoms. The Balaban J connectivity index is 1.97. The Labute approximate surface area is 120 Å². The molecule has 4 heteroatoms. The van der Waals surface area contributed by atoms with Crippen LogP contribution in [0.5, 0.6) is 0 Å². The minimum Gasteiger partial charge on any atom is -0.327 e. The molecular formula is C14H17BrN2S. The molecule has 0 aliphatic heterocycles. The zero-order chi connectivity index (χ0) is 12.5. The van der Waals surface area contributed by atoms with Crippen molar-refractivity contribution in [2.45, 2.75) is 44.1 Å². The molecule has 1 aliphatic rings. The number of fused-ring (bicyclic) bond motifs is 1. The lowest BCUT2D eigenvalue weighted by Crippen LogP contribution is -2.27. The molecule has 2 nitrogen and oxygen atoms in total. The predicted molar refractivity (Wildman–Crippen MR) is 81.1 cm³/mol. The first-order valence-corrected chi connectivity index (χ1v) is 8.16. The van der Waals surface area contributed by atoms with Crippen molar-refractivity contribution in [3.63, 3.8) is 0 Å². The Bertz CT molecular complexity index is 552. The Morgan fingerprint density at radius 1 is 1.22 bits per heavy atom. The monoisotopic (exact) mass is 324 g/mol. The third kappa shape index (κ3) is 2.46. The van der Waals surface area contributed by atoms with Gasteiger partial charge in [0.05, 0.1) is 15.2 Å². The lowest BCUT2D eigenvalue weighted by molar-refractivity contribution is 0.504. The molecule has 2 unspecified atom stereocenters. The van der Waals surface area contributed by atoms with E-state index in [0.717, 1.165) is 16.4 Å². The standard InChI is InChI=1S/C14H17BrN2S/c15-9-6-7-13-12(8-9)17-14(18-13)10-4-2-1-3-5-11(10)16/h6-8,10-11H,1-5,16H2. The van der Waals surface area contributed by atoms with Crippen molar-refractivity contribution in [1.29, 1.82) is 0 Å². The highest BCUT2D eigenvalue weighted by molar-refractivity contribution is 9.10. The van der Waals surface area contributed by atoms with Crippen LogP contribution in [0.15, 0.2) is 22.7 Å². The molecule has 1 heterocycles. The van der Waals surface area contributed by atoms with E-state index in [-0.39, 0.29) is 6.04 Å². The van der Waals surface area contributed by atoms with Gasteiger partial charge in [0.1, 0.15) is 0 Å². The number of nitrogens with two attached hydrogens (primary N) is 1. The first-order chi connectivity index (χ1) is 8.74. The zero-order valence-electron chi connectivity index (χ0n) is 10.2. The van der Waals surface area contributed by atoms with Crippen LogP contribution in [-0.4, -0.2) is 11.0 Å². The van der Waals surface area contributed by atoms with Crippen molar-refractivity contribution >= 4 is 37.5 Å². The summed E-state index contributed by atoms with van der Waals surface area (Å²) in [6.07, 6.45) is 6.22. The van der Waals surface area contributed by atoms with Crippen LogP contribution < -0.4 is 5.73 Å². The van der Waals surface area contributed by atoms with Crippen molar-refractivity contribution in [1.82, 2.24) is 4.98 Å². The number of hydrogen-bond donors (Lipinski definition) is 1. The average molecular weight is 325 g/mol. The van der Waals surface area contributed by atoms with Crippen LogP contribution >= 0.6 is 27.3 Å². The van der Waals surface area contributed by atoms with E-state index in [1.807, 2.05) is 11.3 Å². The van der Waals surface area contributed by atoms with Crippen LogP contribution in [0.25, 0.3) is 10.2 Å². The van der Waals surface area contributed by atoms with Crippen molar-refractivity contribution in [2.24, 2.45) is 5.73 Å². The van der Waals surface area contributed by atoms with E-state index in [1.165, 1.54) is 35.4 Å². The molecule has 1 aromatic heterocycles. The van der Waals surface area contributed by atoms with Gasteiger partial charge in [-0.3, -0.25) is 0 Å². The summed E-state index contributed by atoms with van der Waals surface area (Å²) in [5, 5.41) is 1.23. The van der Waals surface area contributed by atoms with E-state index < -0.39 is 0 Å². The van der Waals surface area contributed by atoms with Crippen LogP contribution in [-0.2, 0) is 0 Å². The second-order valence-corrected chi connectivity index (χ2v) is 7.05. The molecule has 2 aromatic rings. The van der Waals surface area contributed by atoms with Crippen molar-refractivity contribution in [3.8, 4) is 0 Å². The summed E-state index contributed by atoms with van der Waals surface area (Å²) < 4.78 is 2.36. The summed E-state index contributed by atoms with van der Waals surface area (Å²) in [6, 6.07) is 6.61. The van der Waals surface area contributed by atoms with E-state index >= 15 is 0 Å². The summed E-state index contributed by atoms with van der Waals surface area (Å²) in [7, 11) is 0. The lowest BCUT2D eigenvalue weighted by atomic mass is 9.96. The van der Waals surface area contributed by atoms with Gasteiger partial charge in [0.15, 0.2) is 0 Å². The van der Waals surface area contributed by atoms with Gasteiger partial charge < -0.3 is 5.73 Å². The Hall–Kier alpha value is -0.450. The van der Waals surface area contributed by atoms with Gasteiger partial charge in [-0.2, -0.15) is 0 Å². The molecule has 3 rings (SSSR count). The number of aromatic nitrogens is 1. The molecule has 1 aliphatic carbocycles. The molecule has 0 radical (unpaired) electrons. The number of hydrogen-bond acceptors (Lipinski definition) is 3. The van der Waals surface area contributed by atoms with E-state index in [2.05, 4.69) is 34.1 Å². The smallest absolute Gasteiger partial charge is 0.0984 e. The van der Waals surface area contributed by atoms with Crippen molar-refractivity contribution in [2.75, 3.05) is 0 Å². The molecule has 96 valence electrons. The van der Waals surface area contributed by atoms with Crippen LogP contribution in [0.1, 0.15) is 43.0 Å². The molecule has 1 saturated carbocycles. The van der Waals surface area contributed by atoms with Crippen LogP contribution in [0.3, 0.4) is 0 Å². The Kier molecular flexibility index (Phi) is 3.68. The summed E-state index contributed by atoms with van der Waals surface area (Å²) in [4.78, 5) is 4.80.